The van der Waals surface area contributed by atoms with Crippen LogP contribution < -0.4 is 10.1 Å². The van der Waals surface area contributed by atoms with Gasteiger partial charge in [0.2, 0.25) is 0 Å². The highest BCUT2D eigenvalue weighted by molar-refractivity contribution is 5.74. The molecule has 0 spiro atoms. The molecule has 1 aromatic heterocycles. The predicted molar refractivity (Wildman–Crippen MR) is 104 cm³/mol. The third kappa shape index (κ3) is 5.91. The number of aromatic nitrogens is 2. The monoisotopic (exact) mass is 404 g/mol. The number of benzene rings is 1. The summed E-state index contributed by atoms with van der Waals surface area (Å²) in [7, 11) is 3.24. The average molecular weight is 404 g/mol. The lowest BCUT2D eigenvalue weighted by molar-refractivity contribution is 0.0494. The van der Waals surface area contributed by atoms with Crippen LogP contribution >= 0.6 is 0 Å². The topological polar surface area (TPSA) is 99.0 Å². The van der Waals surface area contributed by atoms with Crippen LogP contribution in [0.1, 0.15) is 42.6 Å². The van der Waals surface area contributed by atoms with E-state index in [2.05, 4.69) is 15.5 Å². The molecule has 9 heteroatoms. The highest BCUT2D eigenvalue weighted by Gasteiger charge is 2.31. The molecular weight excluding hydrogens is 376 g/mol. The molecule has 3 rings (SSSR count). The zero-order valence-electron chi connectivity index (χ0n) is 16.9. The summed E-state index contributed by atoms with van der Waals surface area (Å²) < 4.78 is 20.8. The maximum Gasteiger partial charge on any atom is 0.318 e. The Kier molecular flexibility index (Phi) is 7.83. The molecule has 1 N–H and O–H groups in total. The summed E-state index contributed by atoms with van der Waals surface area (Å²) in [5, 5.41) is 7.06. The molecule has 2 amide bonds. The van der Waals surface area contributed by atoms with Crippen LogP contribution in [0, 0.1) is 0 Å². The zero-order valence-corrected chi connectivity index (χ0v) is 16.9. The fraction of sp³-hybridized carbons (Fsp3) is 0.550. The van der Waals surface area contributed by atoms with E-state index in [1.165, 1.54) is 0 Å². The summed E-state index contributed by atoms with van der Waals surface area (Å²) in [6.45, 7) is 2.29. The Morgan fingerprint density at radius 2 is 2.07 bits per heavy atom. The number of amides is 2. The average Bonchev–Trinajstić information content (AvgIpc) is 3.24. The van der Waals surface area contributed by atoms with E-state index < -0.39 is 0 Å². The Balaban J connectivity index is 1.57. The quantitative estimate of drug-likeness (QED) is 0.642. The third-order valence-corrected chi connectivity index (χ3v) is 4.81. The summed E-state index contributed by atoms with van der Waals surface area (Å²) >= 11 is 0. The van der Waals surface area contributed by atoms with Crippen LogP contribution in [0.15, 0.2) is 28.8 Å². The maximum atomic E-state index is 12.8. The second-order valence-corrected chi connectivity index (χ2v) is 6.80. The van der Waals surface area contributed by atoms with Crippen molar-refractivity contribution in [2.45, 2.75) is 38.5 Å². The molecule has 1 aromatic carbocycles. The van der Waals surface area contributed by atoms with Gasteiger partial charge >= 0.3 is 6.03 Å². The minimum absolute atomic E-state index is 0.131. The molecule has 9 nitrogen and oxygen atoms in total. The molecule has 1 atom stereocenters. The lowest BCUT2D eigenvalue weighted by atomic mass is 10.0. The number of carbonyl (C=O) groups excluding carboxylic acids is 1. The number of rotatable bonds is 9. The number of urea groups is 1. The van der Waals surface area contributed by atoms with Gasteiger partial charge in [0.25, 0.3) is 5.89 Å². The van der Waals surface area contributed by atoms with Crippen LogP contribution in [0.3, 0.4) is 0 Å². The van der Waals surface area contributed by atoms with Crippen molar-refractivity contribution < 1.29 is 23.5 Å². The molecular formula is C20H28N4O5. The number of piperidine rings is 1. The molecule has 1 aliphatic rings. The van der Waals surface area contributed by atoms with Crippen LogP contribution in [-0.2, 0) is 22.6 Å². The van der Waals surface area contributed by atoms with E-state index in [1.54, 1.807) is 19.1 Å². The van der Waals surface area contributed by atoms with Gasteiger partial charge in [-0.15, -0.1) is 0 Å². The first-order valence-electron chi connectivity index (χ1n) is 9.78. The van der Waals surface area contributed by atoms with Gasteiger partial charge in [-0.3, -0.25) is 0 Å². The second-order valence-electron chi connectivity index (χ2n) is 6.80. The highest BCUT2D eigenvalue weighted by atomic mass is 16.5. The van der Waals surface area contributed by atoms with E-state index in [-0.39, 0.29) is 18.7 Å². The standard InChI is InChI=1S/C20H28N4O5/c1-26-11-12-28-14-18-22-19(23-29-18)17-5-3-4-10-24(17)20(25)21-13-15-6-8-16(27-2)9-7-15/h6-9,17H,3-5,10-14H2,1-2H3,(H,21,25). The molecule has 1 unspecified atom stereocenters. The van der Waals surface area contributed by atoms with Crippen molar-refractivity contribution in [2.24, 2.45) is 0 Å². The van der Waals surface area contributed by atoms with E-state index in [4.69, 9.17) is 18.7 Å². The number of ether oxygens (including phenoxy) is 3. The number of methoxy groups -OCH3 is 2. The molecule has 0 aliphatic carbocycles. The van der Waals surface area contributed by atoms with Crippen molar-refractivity contribution in [3.05, 3.63) is 41.5 Å². The van der Waals surface area contributed by atoms with Crippen molar-refractivity contribution in [3.63, 3.8) is 0 Å². The first-order valence-corrected chi connectivity index (χ1v) is 9.78. The maximum absolute atomic E-state index is 12.8. The minimum atomic E-state index is -0.198. The Bertz CT molecular complexity index is 764. The molecule has 158 valence electrons. The van der Waals surface area contributed by atoms with Crippen molar-refractivity contribution in [2.75, 3.05) is 34.0 Å². The van der Waals surface area contributed by atoms with Crippen LogP contribution in [0.4, 0.5) is 4.79 Å². The Morgan fingerprint density at radius 3 is 2.83 bits per heavy atom. The largest absolute Gasteiger partial charge is 0.497 e. The van der Waals surface area contributed by atoms with Crippen molar-refractivity contribution in [1.29, 1.82) is 0 Å². The number of hydrogen-bond donors (Lipinski definition) is 1. The van der Waals surface area contributed by atoms with Gasteiger partial charge in [0.1, 0.15) is 12.4 Å². The fourth-order valence-corrected chi connectivity index (χ4v) is 3.23. The molecule has 2 heterocycles. The van der Waals surface area contributed by atoms with E-state index in [0.717, 1.165) is 30.6 Å². The Morgan fingerprint density at radius 1 is 1.24 bits per heavy atom. The van der Waals surface area contributed by atoms with Crippen LogP contribution in [0.25, 0.3) is 0 Å². The summed E-state index contributed by atoms with van der Waals surface area (Å²) in [5.74, 6) is 1.71. The number of carbonyl (C=O) groups is 1. The van der Waals surface area contributed by atoms with Gasteiger partial charge in [0.15, 0.2) is 5.82 Å². The van der Waals surface area contributed by atoms with Crippen molar-refractivity contribution >= 4 is 6.03 Å². The molecule has 2 aromatic rings. The molecule has 1 aliphatic heterocycles. The van der Waals surface area contributed by atoms with Gasteiger partial charge in [-0.1, -0.05) is 17.3 Å². The van der Waals surface area contributed by atoms with Crippen LogP contribution in [0.2, 0.25) is 0 Å². The predicted octanol–water partition coefficient (Wildman–Crippen LogP) is 2.68. The highest BCUT2D eigenvalue weighted by Crippen LogP contribution is 2.29. The van der Waals surface area contributed by atoms with E-state index >= 15 is 0 Å². The van der Waals surface area contributed by atoms with Crippen molar-refractivity contribution in [1.82, 2.24) is 20.4 Å². The summed E-state index contributed by atoms with van der Waals surface area (Å²) in [5.41, 5.74) is 1.00. The normalized spacial score (nSPS) is 16.6. The Labute approximate surface area is 170 Å². The van der Waals surface area contributed by atoms with Crippen LogP contribution in [-0.4, -0.2) is 55.0 Å². The smallest absolute Gasteiger partial charge is 0.318 e. The van der Waals surface area contributed by atoms with Gasteiger partial charge in [-0.2, -0.15) is 4.98 Å². The van der Waals surface area contributed by atoms with Gasteiger partial charge in [-0.25, -0.2) is 4.79 Å². The first kappa shape index (κ1) is 21.1. The van der Waals surface area contributed by atoms with E-state index in [0.29, 0.717) is 38.0 Å². The third-order valence-electron chi connectivity index (χ3n) is 4.81. The lowest BCUT2D eigenvalue weighted by Gasteiger charge is -2.33. The summed E-state index contributed by atoms with van der Waals surface area (Å²) in [4.78, 5) is 19.0. The molecule has 0 bridgehead atoms. The zero-order chi connectivity index (χ0) is 20.5. The van der Waals surface area contributed by atoms with Gasteiger partial charge in [-0.05, 0) is 37.0 Å². The second kappa shape index (κ2) is 10.8. The van der Waals surface area contributed by atoms with Gasteiger partial charge in [0.05, 0.1) is 26.4 Å². The molecule has 0 radical (unpaired) electrons. The summed E-state index contributed by atoms with van der Waals surface area (Å²) in [6.07, 6.45) is 2.78. The Hall–Kier alpha value is -2.65. The fourth-order valence-electron chi connectivity index (χ4n) is 3.23. The molecule has 1 fully saturated rings. The number of nitrogens with one attached hydrogen (secondary N) is 1. The van der Waals surface area contributed by atoms with Crippen molar-refractivity contribution in [3.8, 4) is 5.75 Å². The number of hydrogen-bond acceptors (Lipinski definition) is 7. The van der Waals surface area contributed by atoms with E-state index in [9.17, 15) is 4.79 Å². The minimum Gasteiger partial charge on any atom is -0.497 e. The number of nitrogens with zero attached hydrogens (tertiary/aromatic N) is 3. The van der Waals surface area contributed by atoms with Crippen LogP contribution in [0.5, 0.6) is 5.75 Å². The first-order chi connectivity index (χ1) is 14.2. The summed E-state index contributed by atoms with van der Waals surface area (Å²) in [6, 6.07) is 7.29. The van der Waals surface area contributed by atoms with Gasteiger partial charge in [0, 0.05) is 20.2 Å². The lowest BCUT2D eigenvalue weighted by Crippen LogP contribution is -2.44. The van der Waals surface area contributed by atoms with Gasteiger partial charge < -0.3 is 29.0 Å². The number of likely N-dealkylation sites (tertiary alicyclic amines) is 1. The SMILES string of the molecule is COCCOCc1nc(C2CCCCN2C(=O)NCc2ccc(OC)cc2)no1. The van der Waals surface area contributed by atoms with E-state index in [1.807, 2.05) is 24.3 Å². The molecule has 1 saturated heterocycles. The molecule has 0 saturated carbocycles. The molecule has 29 heavy (non-hydrogen) atoms.